The van der Waals surface area contributed by atoms with E-state index in [1.807, 2.05) is 6.92 Å². The second-order valence-corrected chi connectivity index (χ2v) is 5.08. The van der Waals surface area contributed by atoms with Crippen molar-refractivity contribution < 1.29 is 19.8 Å². The summed E-state index contributed by atoms with van der Waals surface area (Å²) >= 11 is 0. The van der Waals surface area contributed by atoms with Crippen LogP contribution in [-0.2, 0) is 4.79 Å². The lowest BCUT2D eigenvalue weighted by Gasteiger charge is -2.28. The van der Waals surface area contributed by atoms with Crippen molar-refractivity contribution in [3.05, 3.63) is 23.8 Å². The Kier molecular flexibility index (Phi) is 4.24. The van der Waals surface area contributed by atoms with E-state index in [2.05, 4.69) is 10.6 Å². The highest BCUT2D eigenvalue weighted by Crippen LogP contribution is 2.22. The maximum atomic E-state index is 12.2. The highest BCUT2D eigenvalue weighted by atomic mass is 16.4. The molecule has 2 rings (SSSR count). The molecule has 1 saturated heterocycles. The standard InChI is InChI=1S/C14H18N2O4/c1-8-3-2-6-15-12(8)13(18)16-9-4-5-11(17)10(7-9)14(19)20/h4-5,7-8,12,15,17H,2-3,6H2,1H3,(H,16,18)(H,19,20). The lowest BCUT2D eigenvalue weighted by atomic mass is 9.92. The smallest absolute Gasteiger partial charge is 0.339 e. The number of hydrogen-bond acceptors (Lipinski definition) is 4. The van der Waals surface area contributed by atoms with Crippen LogP contribution in [0.1, 0.15) is 30.1 Å². The second-order valence-electron chi connectivity index (χ2n) is 5.08. The summed E-state index contributed by atoms with van der Waals surface area (Å²) in [7, 11) is 0. The second kappa shape index (κ2) is 5.92. The first-order chi connectivity index (χ1) is 9.49. The molecular formula is C14H18N2O4. The van der Waals surface area contributed by atoms with Gasteiger partial charge >= 0.3 is 5.97 Å². The Balaban J connectivity index is 2.11. The number of hydrogen-bond donors (Lipinski definition) is 4. The number of amides is 1. The fraction of sp³-hybridized carbons (Fsp3) is 0.429. The quantitative estimate of drug-likeness (QED) is 0.627. The van der Waals surface area contributed by atoms with E-state index >= 15 is 0 Å². The molecule has 0 spiro atoms. The zero-order valence-electron chi connectivity index (χ0n) is 11.2. The number of anilines is 1. The van der Waals surface area contributed by atoms with Gasteiger partial charge in [0.05, 0.1) is 6.04 Å². The first-order valence-corrected chi connectivity index (χ1v) is 6.59. The molecule has 6 nitrogen and oxygen atoms in total. The van der Waals surface area contributed by atoms with Crippen LogP contribution >= 0.6 is 0 Å². The van der Waals surface area contributed by atoms with E-state index in [1.165, 1.54) is 18.2 Å². The highest BCUT2D eigenvalue weighted by molar-refractivity contribution is 5.97. The van der Waals surface area contributed by atoms with Crippen molar-refractivity contribution >= 4 is 17.6 Å². The number of benzene rings is 1. The lowest BCUT2D eigenvalue weighted by molar-refractivity contribution is -0.119. The summed E-state index contributed by atoms with van der Waals surface area (Å²) in [6, 6.07) is 3.72. The molecule has 108 valence electrons. The number of nitrogens with one attached hydrogen (secondary N) is 2. The number of piperidine rings is 1. The molecule has 2 atom stereocenters. The Morgan fingerprint density at radius 2 is 2.15 bits per heavy atom. The van der Waals surface area contributed by atoms with Crippen LogP contribution in [0.5, 0.6) is 5.75 Å². The minimum Gasteiger partial charge on any atom is -0.507 e. The normalized spacial score (nSPS) is 22.2. The molecule has 1 aliphatic heterocycles. The molecule has 0 aromatic heterocycles. The van der Waals surface area contributed by atoms with Crippen molar-refractivity contribution in [2.45, 2.75) is 25.8 Å². The largest absolute Gasteiger partial charge is 0.507 e. The van der Waals surface area contributed by atoms with E-state index in [4.69, 9.17) is 5.11 Å². The predicted molar refractivity (Wildman–Crippen MR) is 73.9 cm³/mol. The number of aromatic hydroxyl groups is 1. The molecule has 0 aliphatic carbocycles. The zero-order valence-corrected chi connectivity index (χ0v) is 11.2. The monoisotopic (exact) mass is 278 g/mol. The SMILES string of the molecule is CC1CCCNC1C(=O)Nc1ccc(O)c(C(=O)O)c1. The summed E-state index contributed by atoms with van der Waals surface area (Å²) in [5.74, 6) is -1.50. The molecular weight excluding hydrogens is 260 g/mol. The maximum Gasteiger partial charge on any atom is 0.339 e. The fourth-order valence-corrected chi connectivity index (χ4v) is 2.41. The molecule has 1 fully saturated rings. The molecule has 1 aliphatic rings. The van der Waals surface area contributed by atoms with Crippen LogP contribution in [0.15, 0.2) is 18.2 Å². The summed E-state index contributed by atoms with van der Waals surface area (Å²) in [5, 5.41) is 24.2. The minimum atomic E-state index is -1.23. The first kappa shape index (κ1) is 14.3. The van der Waals surface area contributed by atoms with E-state index < -0.39 is 5.97 Å². The topological polar surface area (TPSA) is 98.7 Å². The van der Waals surface area contributed by atoms with Crippen LogP contribution in [0.4, 0.5) is 5.69 Å². The molecule has 1 aromatic carbocycles. The van der Waals surface area contributed by atoms with Crippen molar-refractivity contribution in [3.8, 4) is 5.75 Å². The Morgan fingerprint density at radius 1 is 1.40 bits per heavy atom. The number of phenols is 1. The van der Waals surface area contributed by atoms with Gasteiger partial charge in [-0.1, -0.05) is 6.92 Å². The summed E-state index contributed by atoms with van der Waals surface area (Å²) in [5.41, 5.74) is 0.136. The van der Waals surface area contributed by atoms with Gasteiger partial charge in [0.2, 0.25) is 5.91 Å². The summed E-state index contributed by atoms with van der Waals surface area (Å²) in [6.45, 7) is 2.81. The van der Waals surface area contributed by atoms with Gasteiger partial charge in [0, 0.05) is 5.69 Å². The number of aromatic carboxylic acids is 1. The van der Waals surface area contributed by atoms with Crippen LogP contribution < -0.4 is 10.6 Å². The van der Waals surface area contributed by atoms with Crippen molar-refractivity contribution in [1.82, 2.24) is 5.32 Å². The van der Waals surface area contributed by atoms with Crippen LogP contribution in [0.25, 0.3) is 0 Å². The number of carbonyl (C=O) groups is 2. The van der Waals surface area contributed by atoms with Gasteiger partial charge in [0.15, 0.2) is 0 Å². The molecule has 2 unspecified atom stereocenters. The molecule has 1 heterocycles. The van der Waals surface area contributed by atoms with E-state index in [0.29, 0.717) is 5.69 Å². The number of carboxylic acids is 1. The molecule has 0 saturated carbocycles. The van der Waals surface area contributed by atoms with Crippen LogP contribution in [0.2, 0.25) is 0 Å². The minimum absolute atomic E-state index is 0.181. The van der Waals surface area contributed by atoms with Crippen molar-refractivity contribution in [3.63, 3.8) is 0 Å². The molecule has 1 aromatic rings. The van der Waals surface area contributed by atoms with Crippen molar-refractivity contribution in [2.24, 2.45) is 5.92 Å². The van der Waals surface area contributed by atoms with Gasteiger partial charge in [-0.2, -0.15) is 0 Å². The fourth-order valence-electron chi connectivity index (χ4n) is 2.41. The van der Waals surface area contributed by atoms with Gasteiger partial charge in [-0.3, -0.25) is 4.79 Å². The molecule has 0 bridgehead atoms. The van der Waals surface area contributed by atoms with Gasteiger partial charge in [-0.15, -0.1) is 0 Å². The Labute approximate surface area is 116 Å². The van der Waals surface area contributed by atoms with Crippen LogP contribution in [0, 0.1) is 5.92 Å². The molecule has 4 N–H and O–H groups in total. The molecule has 20 heavy (non-hydrogen) atoms. The third-order valence-corrected chi connectivity index (χ3v) is 3.55. The van der Waals surface area contributed by atoms with Crippen LogP contribution in [0.3, 0.4) is 0 Å². The lowest BCUT2D eigenvalue weighted by Crippen LogP contribution is -2.48. The van der Waals surface area contributed by atoms with E-state index in [9.17, 15) is 14.7 Å². The summed E-state index contributed by atoms with van der Waals surface area (Å²) in [4.78, 5) is 23.1. The third-order valence-electron chi connectivity index (χ3n) is 3.55. The van der Waals surface area contributed by atoms with E-state index in [0.717, 1.165) is 19.4 Å². The Bertz CT molecular complexity index is 530. The van der Waals surface area contributed by atoms with E-state index in [1.54, 1.807) is 0 Å². The Morgan fingerprint density at radius 3 is 2.80 bits per heavy atom. The van der Waals surface area contributed by atoms with Gasteiger partial charge in [0.1, 0.15) is 11.3 Å². The average molecular weight is 278 g/mol. The average Bonchev–Trinajstić information content (AvgIpc) is 2.41. The first-order valence-electron chi connectivity index (χ1n) is 6.59. The summed E-state index contributed by atoms with van der Waals surface area (Å²) in [6.07, 6.45) is 2.04. The number of carbonyl (C=O) groups excluding carboxylic acids is 1. The Hall–Kier alpha value is -2.08. The van der Waals surface area contributed by atoms with Gasteiger partial charge < -0.3 is 20.8 Å². The number of rotatable bonds is 3. The van der Waals surface area contributed by atoms with Gasteiger partial charge in [-0.05, 0) is 43.5 Å². The van der Waals surface area contributed by atoms with Crippen molar-refractivity contribution in [2.75, 3.05) is 11.9 Å². The molecule has 0 radical (unpaired) electrons. The maximum absolute atomic E-state index is 12.2. The third kappa shape index (κ3) is 3.08. The van der Waals surface area contributed by atoms with Crippen LogP contribution in [-0.4, -0.2) is 34.7 Å². The number of carboxylic acid groups (broad SMARTS) is 1. The molecule has 6 heteroatoms. The highest BCUT2D eigenvalue weighted by Gasteiger charge is 2.27. The zero-order chi connectivity index (χ0) is 14.7. The van der Waals surface area contributed by atoms with Gasteiger partial charge in [0.25, 0.3) is 0 Å². The summed E-state index contributed by atoms with van der Waals surface area (Å²) < 4.78 is 0. The molecule has 1 amide bonds. The van der Waals surface area contributed by atoms with E-state index in [-0.39, 0.29) is 29.2 Å². The predicted octanol–water partition coefficient (Wildman–Crippen LogP) is 1.42. The van der Waals surface area contributed by atoms with Crippen molar-refractivity contribution in [1.29, 1.82) is 0 Å². The van der Waals surface area contributed by atoms with Gasteiger partial charge in [-0.25, -0.2) is 4.79 Å².